The van der Waals surface area contributed by atoms with Crippen molar-refractivity contribution >= 4 is 5.97 Å². The van der Waals surface area contributed by atoms with E-state index in [0.29, 0.717) is 18.3 Å². The third-order valence-electron chi connectivity index (χ3n) is 3.97. The highest BCUT2D eigenvalue weighted by atomic mass is 16.4. The van der Waals surface area contributed by atoms with Crippen molar-refractivity contribution in [3.63, 3.8) is 0 Å². The number of carbonyl (C=O) groups is 1. The molecule has 2 fully saturated rings. The molecule has 0 aromatic rings. The monoisotopic (exact) mass is 222 g/mol. The quantitative estimate of drug-likeness (QED) is 0.732. The van der Waals surface area contributed by atoms with Gasteiger partial charge in [-0.2, -0.15) is 5.26 Å². The van der Waals surface area contributed by atoms with Gasteiger partial charge in [0, 0.05) is 13.0 Å². The molecule has 1 aliphatic heterocycles. The Labute approximate surface area is 95.9 Å². The van der Waals surface area contributed by atoms with Crippen molar-refractivity contribution in [1.29, 1.82) is 5.26 Å². The Kier molecular flexibility index (Phi) is 3.45. The van der Waals surface area contributed by atoms with Gasteiger partial charge in [-0.1, -0.05) is 6.42 Å². The van der Waals surface area contributed by atoms with Crippen LogP contribution in [-0.2, 0) is 4.79 Å². The second kappa shape index (κ2) is 4.84. The number of hydrogen-bond acceptors (Lipinski definition) is 3. The number of fused-ring (bicyclic) bond motifs is 1. The number of rotatable bonds is 4. The van der Waals surface area contributed by atoms with Crippen LogP contribution in [0.25, 0.3) is 0 Å². The van der Waals surface area contributed by atoms with E-state index in [1.807, 2.05) is 0 Å². The van der Waals surface area contributed by atoms with Crippen LogP contribution in [0.15, 0.2) is 0 Å². The van der Waals surface area contributed by atoms with Crippen LogP contribution < -0.4 is 0 Å². The van der Waals surface area contributed by atoms with E-state index in [-0.39, 0.29) is 6.04 Å². The van der Waals surface area contributed by atoms with Gasteiger partial charge in [-0.15, -0.1) is 0 Å². The summed E-state index contributed by atoms with van der Waals surface area (Å²) in [6, 6.07) is 1.83. The average Bonchev–Trinajstić information content (AvgIpc) is 2.76. The molecular formula is C12H18N2O2. The molecule has 1 saturated carbocycles. The lowest BCUT2D eigenvalue weighted by Gasteiger charge is -2.23. The fourth-order valence-corrected chi connectivity index (χ4v) is 3.32. The van der Waals surface area contributed by atoms with Crippen LogP contribution in [0.3, 0.4) is 0 Å². The van der Waals surface area contributed by atoms with Crippen molar-refractivity contribution < 1.29 is 9.90 Å². The van der Waals surface area contributed by atoms with Crippen LogP contribution in [-0.4, -0.2) is 35.1 Å². The minimum absolute atomic E-state index is 0.286. The van der Waals surface area contributed by atoms with Gasteiger partial charge in [-0.3, -0.25) is 9.69 Å². The van der Waals surface area contributed by atoms with E-state index in [2.05, 4.69) is 11.0 Å². The van der Waals surface area contributed by atoms with Crippen LogP contribution in [0.5, 0.6) is 0 Å². The van der Waals surface area contributed by atoms with E-state index < -0.39 is 5.97 Å². The SMILES string of the molecule is N#CCCCN1CC2CCCC2C1C(=O)O. The molecule has 3 unspecified atom stereocenters. The summed E-state index contributed by atoms with van der Waals surface area (Å²) in [5.74, 6) is 0.272. The van der Waals surface area contributed by atoms with Gasteiger partial charge < -0.3 is 5.11 Å². The number of hydrogen-bond donors (Lipinski definition) is 1. The van der Waals surface area contributed by atoms with E-state index in [4.69, 9.17) is 5.26 Å². The zero-order valence-electron chi connectivity index (χ0n) is 9.43. The summed E-state index contributed by atoms with van der Waals surface area (Å²) >= 11 is 0. The van der Waals surface area contributed by atoms with Crippen LogP contribution >= 0.6 is 0 Å². The normalized spacial score (nSPS) is 33.6. The number of nitriles is 1. The molecule has 1 N–H and O–H groups in total. The predicted molar refractivity (Wildman–Crippen MR) is 58.7 cm³/mol. The fraction of sp³-hybridized carbons (Fsp3) is 0.833. The molecule has 2 aliphatic rings. The smallest absolute Gasteiger partial charge is 0.321 e. The lowest BCUT2D eigenvalue weighted by atomic mass is 9.94. The molecule has 0 aromatic carbocycles. The summed E-state index contributed by atoms with van der Waals surface area (Å²) in [6.07, 6.45) is 4.75. The lowest BCUT2D eigenvalue weighted by molar-refractivity contribution is -0.143. The third kappa shape index (κ3) is 2.05. The highest BCUT2D eigenvalue weighted by Gasteiger charge is 2.47. The van der Waals surface area contributed by atoms with Gasteiger partial charge in [0.05, 0.1) is 6.07 Å². The summed E-state index contributed by atoms with van der Waals surface area (Å²) in [6.45, 7) is 1.69. The summed E-state index contributed by atoms with van der Waals surface area (Å²) < 4.78 is 0. The fourth-order valence-electron chi connectivity index (χ4n) is 3.32. The second-order valence-electron chi connectivity index (χ2n) is 4.89. The molecule has 0 amide bonds. The molecule has 2 rings (SSSR count). The average molecular weight is 222 g/mol. The maximum atomic E-state index is 11.3. The Morgan fingerprint density at radius 2 is 2.31 bits per heavy atom. The van der Waals surface area contributed by atoms with Gasteiger partial charge in [0.25, 0.3) is 0 Å². The van der Waals surface area contributed by atoms with Gasteiger partial charge >= 0.3 is 5.97 Å². The Morgan fingerprint density at radius 1 is 1.50 bits per heavy atom. The third-order valence-corrected chi connectivity index (χ3v) is 3.97. The Hall–Kier alpha value is -1.08. The second-order valence-corrected chi connectivity index (χ2v) is 4.89. The first kappa shape index (κ1) is 11.4. The first-order valence-electron chi connectivity index (χ1n) is 6.08. The molecule has 0 spiro atoms. The largest absolute Gasteiger partial charge is 0.480 e. The highest BCUT2D eigenvalue weighted by molar-refractivity contribution is 5.74. The molecule has 1 saturated heterocycles. The van der Waals surface area contributed by atoms with Crippen molar-refractivity contribution in [2.75, 3.05) is 13.1 Å². The maximum absolute atomic E-state index is 11.3. The van der Waals surface area contributed by atoms with Gasteiger partial charge in [0.1, 0.15) is 6.04 Å². The van der Waals surface area contributed by atoms with E-state index in [0.717, 1.165) is 25.9 Å². The molecule has 16 heavy (non-hydrogen) atoms. The Morgan fingerprint density at radius 3 is 3.00 bits per heavy atom. The molecule has 1 heterocycles. The van der Waals surface area contributed by atoms with Crippen molar-refractivity contribution in [2.24, 2.45) is 11.8 Å². The number of aliphatic carboxylic acids is 1. The molecule has 88 valence electrons. The number of unbranched alkanes of at least 4 members (excludes halogenated alkanes) is 1. The minimum atomic E-state index is -0.675. The van der Waals surface area contributed by atoms with Crippen molar-refractivity contribution in [1.82, 2.24) is 4.90 Å². The molecule has 4 heteroatoms. The highest BCUT2D eigenvalue weighted by Crippen LogP contribution is 2.42. The molecular weight excluding hydrogens is 204 g/mol. The van der Waals surface area contributed by atoms with Gasteiger partial charge in [0.15, 0.2) is 0 Å². The molecule has 4 nitrogen and oxygen atoms in total. The number of likely N-dealkylation sites (tertiary alicyclic amines) is 1. The van der Waals surface area contributed by atoms with E-state index in [9.17, 15) is 9.90 Å². The lowest BCUT2D eigenvalue weighted by Crippen LogP contribution is -2.40. The topological polar surface area (TPSA) is 64.3 Å². The van der Waals surface area contributed by atoms with Gasteiger partial charge in [0.2, 0.25) is 0 Å². The predicted octanol–water partition coefficient (Wildman–Crippen LogP) is 1.48. The number of nitrogens with zero attached hydrogens (tertiary/aromatic N) is 2. The van der Waals surface area contributed by atoms with E-state index >= 15 is 0 Å². The van der Waals surface area contributed by atoms with E-state index in [1.54, 1.807) is 0 Å². The first-order chi connectivity index (χ1) is 7.74. The maximum Gasteiger partial charge on any atom is 0.321 e. The van der Waals surface area contributed by atoms with Crippen LogP contribution in [0.2, 0.25) is 0 Å². The van der Waals surface area contributed by atoms with Crippen molar-refractivity contribution in [3.8, 4) is 6.07 Å². The summed E-state index contributed by atoms with van der Waals surface area (Å²) in [5, 5.41) is 17.8. The number of carboxylic acids is 1. The summed E-state index contributed by atoms with van der Waals surface area (Å²) in [4.78, 5) is 13.4. The Balaban J connectivity index is 1.97. The minimum Gasteiger partial charge on any atom is -0.480 e. The molecule has 3 atom stereocenters. The number of carboxylic acid groups (broad SMARTS) is 1. The Bertz CT molecular complexity index is 311. The van der Waals surface area contributed by atoms with Crippen LogP contribution in [0.1, 0.15) is 32.1 Å². The standard InChI is InChI=1S/C12H18N2O2/c13-6-1-2-7-14-8-9-4-3-5-10(9)11(14)12(15)16/h9-11H,1-5,7-8H2,(H,15,16). The van der Waals surface area contributed by atoms with Crippen LogP contribution in [0.4, 0.5) is 0 Å². The van der Waals surface area contributed by atoms with E-state index in [1.165, 1.54) is 12.8 Å². The van der Waals surface area contributed by atoms with Gasteiger partial charge in [-0.25, -0.2) is 0 Å². The zero-order valence-corrected chi connectivity index (χ0v) is 9.43. The molecule has 0 bridgehead atoms. The van der Waals surface area contributed by atoms with Gasteiger partial charge in [-0.05, 0) is 37.6 Å². The molecule has 0 radical (unpaired) electrons. The summed E-state index contributed by atoms with van der Waals surface area (Å²) in [5.41, 5.74) is 0. The molecule has 1 aliphatic carbocycles. The van der Waals surface area contributed by atoms with Crippen molar-refractivity contribution in [3.05, 3.63) is 0 Å². The van der Waals surface area contributed by atoms with Crippen molar-refractivity contribution in [2.45, 2.75) is 38.1 Å². The summed E-state index contributed by atoms with van der Waals surface area (Å²) in [7, 11) is 0. The first-order valence-corrected chi connectivity index (χ1v) is 6.08. The molecule has 0 aromatic heterocycles. The van der Waals surface area contributed by atoms with Crippen LogP contribution in [0, 0.1) is 23.2 Å². The zero-order chi connectivity index (χ0) is 11.5.